The topological polar surface area (TPSA) is 48.0 Å². The van der Waals surface area contributed by atoms with E-state index in [9.17, 15) is 4.79 Å². The first-order valence-electron chi connectivity index (χ1n) is 11.0. The van der Waals surface area contributed by atoms with Gasteiger partial charge in [-0.05, 0) is 55.9 Å². The van der Waals surface area contributed by atoms with E-state index in [2.05, 4.69) is 17.0 Å². The van der Waals surface area contributed by atoms with E-state index in [0.29, 0.717) is 12.5 Å². The molecule has 1 saturated heterocycles. The average Bonchev–Trinajstić information content (AvgIpc) is 3.47. The Morgan fingerprint density at radius 1 is 1.24 bits per heavy atom. The van der Waals surface area contributed by atoms with Crippen LogP contribution in [0.5, 0.6) is 11.5 Å². The van der Waals surface area contributed by atoms with Gasteiger partial charge in [0.25, 0.3) is 0 Å². The Morgan fingerprint density at radius 3 is 2.83 bits per heavy atom. The second kappa shape index (κ2) is 5.06. The lowest BCUT2D eigenvalue weighted by Crippen LogP contribution is -2.79. The van der Waals surface area contributed by atoms with Gasteiger partial charge in [-0.15, -0.1) is 0 Å². The number of nitrogens with zero attached hydrogens (tertiary/aromatic N) is 1. The van der Waals surface area contributed by atoms with Crippen molar-refractivity contribution in [1.29, 1.82) is 0 Å². The zero-order valence-electron chi connectivity index (χ0n) is 17.1. The second-order valence-corrected chi connectivity index (χ2v) is 9.98. The van der Waals surface area contributed by atoms with Crippen molar-refractivity contribution >= 4 is 5.78 Å². The summed E-state index contributed by atoms with van der Waals surface area (Å²) in [7, 11) is 3.36. The van der Waals surface area contributed by atoms with Crippen LogP contribution in [0.4, 0.5) is 0 Å². The summed E-state index contributed by atoms with van der Waals surface area (Å²) in [6, 6.07) is 4.63. The van der Waals surface area contributed by atoms with E-state index in [1.807, 2.05) is 12.1 Å². The highest BCUT2D eigenvalue weighted by Gasteiger charge is 2.79. The van der Waals surface area contributed by atoms with Crippen molar-refractivity contribution in [3.05, 3.63) is 35.4 Å². The number of methoxy groups -OCH3 is 2. The number of rotatable bonds is 4. The number of piperidine rings is 1. The molecule has 0 radical (unpaired) electrons. The summed E-state index contributed by atoms with van der Waals surface area (Å²) in [5.41, 5.74) is 1.30. The molecule has 2 heterocycles. The van der Waals surface area contributed by atoms with Crippen molar-refractivity contribution in [2.45, 2.75) is 55.3 Å². The molecular weight excluding hydrogens is 366 g/mol. The summed E-state index contributed by atoms with van der Waals surface area (Å²) in [5.74, 6) is 2.65. The number of ketones is 1. The molecule has 2 aliphatic heterocycles. The van der Waals surface area contributed by atoms with Gasteiger partial charge in [0.05, 0.1) is 12.5 Å². The molecule has 152 valence electrons. The molecule has 8 rings (SSSR count). The molecule has 5 aliphatic carbocycles. The van der Waals surface area contributed by atoms with Gasteiger partial charge >= 0.3 is 0 Å². The first kappa shape index (κ1) is 16.9. The Balaban J connectivity index is 1.52. The van der Waals surface area contributed by atoms with E-state index in [1.165, 1.54) is 30.5 Å². The number of ether oxygens (including phenoxy) is 3. The molecule has 2 saturated carbocycles. The SMILES string of the molecule is COc1ccc2c3c1O[C@H]1C4(OC)C=C[C@@]5(CC4=O)C(C2)N(CC2CC2)CCC315. The number of hydrogen-bond donors (Lipinski definition) is 0. The third-order valence-electron chi connectivity index (χ3n) is 9.06. The maximum Gasteiger partial charge on any atom is 0.181 e. The molecular formula is C24H27NO4. The third kappa shape index (κ3) is 1.65. The number of hydrogen-bond acceptors (Lipinski definition) is 5. The molecule has 5 atom stereocenters. The minimum atomic E-state index is -0.983. The first-order valence-corrected chi connectivity index (χ1v) is 11.0. The number of carbonyl (C=O) groups is 1. The molecule has 3 fully saturated rings. The summed E-state index contributed by atoms with van der Waals surface area (Å²) in [6.45, 7) is 2.24. The molecule has 0 amide bonds. The van der Waals surface area contributed by atoms with Crippen LogP contribution in [0.15, 0.2) is 24.3 Å². The van der Waals surface area contributed by atoms with Crippen LogP contribution in [0.1, 0.15) is 36.8 Å². The van der Waals surface area contributed by atoms with Crippen molar-refractivity contribution in [1.82, 2.24) is 4.90 Å². The lowest BCUT2D eigenvalue weighted by molar-refractivity contribution is -0.193. The molecule has 0 aromatic heterocycles. The summed E-state index contributed by atoms with van der Waals surface area (Å²) in [5, 5.41) is 0. The molecule has 1 aromatic carbocycles. The van der Waals surface area contributed by atoms with Crippen LogP contribution >= 0.6 is 0 Å². The lowest BCUT2D eigenvalue weighted by atomic mass is 9.38. The zero-order chi connectivity index (χ0) is 19.6. The van der Waals surface area contributed by atoms with Crippen molar-refractivity contribution < 1.29 is 19.0 Å². The summed E-state index contributed by atoms with van der Waals surface area (Å²) in [4.78, 5) is 16.2. The predicted octanol–water partition coefficient (Wildman–Crippen LogP) is 2.65. The van der Waals surface area contributed by atoms with Crippen LogP contribution in [0, 0.1) is 11.3 Å². The fourth-order valence-electron chi connectivity index (χ4n) is 7.67. The Hall–Kier alpha value is -1.85. The highest BCUT2D eigenvalue weighted by atomic mass is 16.6. The molecule has 5 heteroatoms. The van der Waals surface area contributed by atoms with Gasteiger partial charge in [0.2, 0.25) is 0 Å². The van der Waals surface area contributed by atoms with Gasteiger partial charge in [0, 0.05) is 37.1 Å². The van der Waals surface area contributed by atoms with Gasteiger partial charge in [0.1, 0.15) is 6.10 Å². The number of carbonyl (C=O) groups excluding carboxylic acids is 1. The van der Waals surface area contributed by atoms with Gasteiger partial charge in [-0.1, -0.05) is 12.1 Å². The van der Waals surface area contributed by atoms with Crippen LogP contribution in [0.3, 0.4) is 0 Å². The molecule has 7 aliphatic rings. The molecule has 1 aromatic rings. The van der Waals surface area contributed by atoms with E-state index >= 15 is 0 Å². The van der Waals surface area contributed by atoms with Crippen LogP contribution in [0.2, 0.25) is 0 Å². The molecule has 0 N–H and O–H groups in total. The monoisotopic (exact) mass is 393 g/mol. The predicted molar refractivity (Wildman–Crippen MR) is 106 cm³/mol. The van der Waals surface area contributed by atoms with Crippen molar-refractivity contribution in [3.8, 4) is 11.5 Å². The normalized spacial score (nSPS) is 43.3. The van der Waals surface area contributed by atoms with Crippen LogP contribution in [0.25, 0.3) is 0 Å². The van der Waals surface area contributed by atoms with Crippen molar-refractivity contribution in [3.63, 3.8) is 0 Å². The summed E-state index contributed by atoms with van der Waals surface area (Å²) in [6.07, 6.45) is 9.35. The van der Waals surface area contributed by atoms with Gasteiger partial charge in [-0.2, -0.15) is 0 Å². The minimum absolute atomic E-state index is 0.177. The van der Waals surface area contributed by atoms with E-state index < -0.39 is 5.60 Å². The van der Waals surface area contributed by atoms with Gasteiger partial charge < -0.3 is 14.2 Å². The Bertz CT molecular complexity index is 983. The number of Topliss-reactive ketones (excluding diaryl/α,β-unsaturated/α-hetero) is 1. The van der Waals surface area contributed by atoms with Gasteiger partial charge in [-0.3, -0.25) is 9.69 Å². The van der Waals surface area contributed by atoms with Crippen molar-refractivity contribution in [2.24, 2.45) is 11.3 Å². The van der Waals surface area contributed by atoms with Crippen molar-refractivity contribution in [2.75, 3.05) is 27.3 Å². The number of likely N-dealkylation sites (tertiary alicyclic amines) is 1. The van der Waals surface area contributed by atoms with Crippen LogP contribution in [-0.4, -0.2) is 55.7 Å². The maximum absolute atomic E-state index is 13.5. The van der Waals surface area contributed by atoms with E-state index in [-0.39, 0.29) is 22.7 Å². The van der Waals surface area contributed by atoms with E-state index in [0.717, 1.165) is 36.8 Å². The summed E-state index contributed by atoms with van der Waals surface area (Å²) >= 11 is 0. The molecule has 4 bridgehead atoms. The maximum atomic E-state index is 13.5. The first-order chi connectivity index (χ1) is 14.1. The zero-order valence-corrected chi connectivity index (χ0v) is 17.1. The van der Waals surface area contributed by atoms with Gasteiger partial charge in [-0.25, -0.2) is 0 Å². The fourth-order valence-corrected chi connectivity index (χ4v) is 7.67. The smallest absolute Gasteiger partial charge is 0.181 e. The Kier molecular flexibility index (Phi) is 2.95. The molecule has 2 spiro atoms. The Morgan fingerprint density at radius 2 is 2.10 bits per heavy atom. The standard InChI is InChI=1S/C24H27NO4/c1-27-16-6-5-15-11-17-22-7-8-24(28-2,18(26)12-22)21-23(22,19(15)20(16)29-21)9-10-25(17)13-14-3-4-14/h5-8,14,17,21H,3-4,9-13H2,1-2H3/t17?,21-,22-,23?,24?/m1/s1. The van der Waals surface area contributed by atoms with E-state index in [1.54, 1.807) is 14.2 Å². The molecule has 3 unspecified atom stereocenters. The summed E-state index contributed by atoms with van der Waals surface area (Å²) < 4.78 is 18.4. The average molecular weight is 393 g/mol. The molecule has 5 nitrogen and oxygen atoms in total. The number of fused-ring (bicyclic) bond motifs is 1. The lowest BCUT2D eigenvalue weighted by Gasteiger charge is -2.68. The van der Waals surface area contributed by atoms with Crippen LogP contribution in [-0.2, 0) is 21.4 Å². The number of benzene rings is 1. The van der Waals surface area contributed by atoms with Crippen LogP contribution < -0.4 is 9.47 Å². The highest BCUT2D eigenvalue weighted by Crippen LogP contribution is 2.73. The fraction of sp³-hybridized carbons (Fsp3) is 0.625. The largest absolute Gasteiger partial charge is 0.493 e. The quantitative estimate of drug-likeness (QED) is 0.736. The third-order valence-corrected chi connectivity index (χ3v) is 9.06. The van der Waals surface area contributed by atoms with E-state index in [4.69, 9.17) is 14.2 Å². The van der Waals surface area contributed by atoms with Gasteiger partial charge in [0.15, 0.2) is 22.9 Å². The second-order valence-electron chi connectivity index (χ2n) is 9.98. The highest BCUT2D eigenvalue weighted by molar-refractivity contribution is 5.96. The Labute approximate surface area is 171 Å². The minimum Gasteiger partial charge on any atom is -0.493 e. The molecule has 29 heavy (non-hydrogen) atoms.